The van der Waals surface area contributed by atoms with Crippen molar-refractivity contribution in [3.05, 3.63) is 29.3 Å². The number of ether oxygens (including phenoxy) is 2. The SMILES string of the molecule is Cc1cccc(C)c1OCCC(=O)NCCOCC(=O)O. The molecule has 0 radical (unpaired) electrons. The maximum atomic E-state index is 11.5. The molecule has 0 heterocycles. The predicted octanol–water partition coefficient (Wildman–Crippen LogP) is 1.29. The van der Waals surface area contributed by atoms with E-state index in [-0.39, 0.29) is 32.1 Å². The van der Waals surface area contributed by atoms with E-state index in [9.17, 15) is 9.59 Å². The molecule has 0 saturated heterocycles. The number of aliphatic carboxylic acids is 1. The van der Waals surface area contributed by atoms with Gasteiger partial charge in [0.05, 0.1) is 19.6 Å². The molecule has 116 valence electrons. The van der Waals surface area contributed by atoms with Crippen LogP contribution in [-0.4, -0.2) is 43.3 Å². The van der Waals surface area contributed by atoms with Gasteiger partial charge in [-0.1, -0.05) is 18.2 Å². The van der Waals surface area contributed by atoms with E-state index < -0.39 is 5.97 Å². The topological polar surface area (TPSA) is 84.9 Å². The van der Waals surface area contributed by atoms with Gasteiger partial charge in [-0.05, 0) is 25.0 Å². The van der Waals surface area contributed by atoms with Crippen molar-refractivity contribution in [2.24, 2.45) is 0 Å². The van der Waals surface area contributed by atoms with Gasteiger partial charge in [0, 0.05) is 6.54 Å². The Morgan fingerprint density at radius 2 is 1.86 bits per heavy atom. The van der Waals surface area contributed by atoms with Crippen LogP contribution in [0, 0.1) is 13.8 Å². The third kappa shape index (κ3) is 6.76. The minimum atomic E-state index is -1.02. The van der Waals surface area contributed by atoms with Crippen molar-refractivity contribution in [3.8, 4) is 5.75 Å². The Balaban J connectivity index is 2.17. The Kier molecular flexibility index (Phi) is 7.25. The molecule has 2 N–H and O–H groups in total. The summed E-state index contributed by atoms with van der Waals surface area (Å²) in [7, 11) is 0. The molecule has 1 amide bonds. The molecule has 1 aromatic carbocycles. The minimum Gasteiger partial charge on any atom is -0.493 e. The molecule has 0 atom stereocenters. The van der Waals surface area contributed by atoms with Crippen LogP contribution in [0.3, 0.4) is 0 Å². The Hall–Kier alpha value is -2.08. The Morgan fingerprint density at radius 3 is 2.48 bits per heavy atom. The van der Waals surface area contributed by atoms with Gasteiger partial charge in [-0.3, -0.25) is 4.79 Å². The van der Waals surface area contributed by atoms with E-state index in [0.717, 1.165) is 16.9 Å². The first-order chi connectivity index (χ1) is 10.0. The first kappa shape index (κ1) is 17.0. The zero-order valence-electron chi connectivity index (χ0n) is 12.3. The number of carboxylic acids is 1. The molecule has 0 bridgehead atoms. The van der Waals surface area contributed by atoms with Crippen molar-refractivity contribution in [1.29, 1.82) is 0 Å². The molecular formula is C15H21NO5. The molecule has 21 heavy (non-hydrogen) atoms. The average Bonchev–Trinajstić information content (AvgIpc) is 2.41. The summed E-state index contributed by atoms with van der Waals surface area (Å²) in [6.45, 7) is 4.33. The highest BCUT2D eigenvalue weighted by molar-refractivity contribution is 5.76. The van der Waals surface area contributed by atoms with E-state index >= 15 is 0 Å². The molecule has 0 aliphatic heterocycles. The molecule has 0 unspecified atom stereocenters. The zero-order chi connectivity index (χ0) is 15.7. The summed E-state index contributed by atoms with van der Waals surface area (Å²) in [6.07, 6.45) is 0.243. The van der Waals surface area contributed by atoms with E-state index in [2.05, 4.69) is 5.32 Å². The first-order valence-corrected chi connectivity index (χ1v) is 6.76. The summed E-state index contributed by atoms with van der Waals surface area (Å²) in [5.41, 5.74) is 2.08. The van der Waals surface area contributed by atoms with Crippen molar-refractivity contribution in [2.45, 2.75) is 20.3 Å². The smallest absolute Gasteiger partial charge is 0.329 e. The summed E-state index contributed by atoms with van der Waals surface area (Å²) in [5, 5.41) is 11.0. The van der Waals surface area contributed by atoms with Crippen molar-refractivity contribution >= 4 is 11.9 Å². The van der Waals surface area contributed by atoms with Gasteiger partial charge >= 0.3 is 5.97 Å². The number of para-hydroxylation sites is 1. The largest absolute Gasteiger partial charge is 0.493 e. The van der Waals surface area contributed by atoms with Crippen LogP contribution in [0.15, 0.2) is 18.2 Å². The second-order valence-electron chi connectivity index (χ2n) is 4.62. The van der Waals surface area contributed by atoms with Crippen molar-refractivity contribution in [1.82, 2.24) is 5.32 Å². The van der Waals surface area contributed by atoms with E-state index in [1.54, 1.807) is 0 Å². The fourth-order valence-corrected chi connectivity index (χ4v) is 1.78. The second-order valence-corrected chi connectivity index (χ2v) is 4.62. The fraction of sp³-hybridized carbons (Fsp3) is 0.467. The number of hydrogen-bond donors (Lipinski definition) is 2. The Bertz CT molecular complexity index is 467. The van der Waals surface area contributed by atoms with Crippen molar-refractivity contribution < 1.29 is 24.2 Å². The summed E-state index contributed by atoms with van der Waals surface area (Å²) in [4.78, 5) is 21.7. The van der Waals surface area contributed by atoms with Gasteiger partial charge in [-0.15, -0.1) is 0 Å². The van der Waals surface area contributed by atoms with Crippen LogP contribution in [0.2, 0.25) is 0 Å². The molecule has 0 fully saturated rings. The Labute approximate surface area is 124 Å². The van der Waals surface area contributed by atoms with Gasteiger partial charge in [0.15, 0.2) is 0 Å². The third-order valence-electron chi connectivity index (χ3n) is 2.78. The lowest BCUT2D eigenvalue weighted by Gasteiger charge is -2.11. The number of carbonyl (C=O) groups is 2. The van der Waals surface area contributed by atoms with Gasteiger partial charge < -0.3 is 19.9 Å². The van der Waals surface area contributed by atoms with Crippen LogP contribution in [0.4, 0.5) is 0 Å². The van der Waals surface area contributed by atoms with Gasteiger partial charge in [0.25, 0.3) is 0 Å². The van der Waals surface area contributed by atoms with Crippen LogP contribution in [0.1, 0.15) is 17.5 Å². The summed E-state index contributed by atoms with van der Waals surface area (Å²) in [6, 6.07) is 5.88. The van der Waals surface area contributed by atoms with Crippen LogP contribution in [-0.2, 0) is 14.3 Å². The number of hydrogen-bond acceptors (Lipinski definition) is 4. The molecule has 0 aliphatic rings. The fourth-order valence-electron chi connectivity index (χ4n) is 1.78. The number of nitrogens with one attached hydrogen (secondary N) is 1. The second kappa shape index (κ2) is 8.97. The predicted molar refractivity (Wildman–Crippen MR) is 77.5 cm³/mol. The lowest BCUT2D eigenvalue weighted by atomic mass is 10.1. The van der Waals surface area contributed by atoms with Gasteiger partial charge in [-0.2, -0.15) is 0 Å². The molecule has 0 aliphatic carbocycles. The monoisotopic (exact) mass is 295 g/mol. The molecule has 0 aromatic heterocycles. The van der Waals surface area contributed by atoms with Crippen LogP contribution in [0.25, 0.3) is 0 Å². The minimum absolute atomic E-state index is 0.153. The van der Waals surface area contributed by atoms with E-state index in [1.807, 2.05) is 32.0 Å². The summed E-state index contributed by atoms with van der Waals surface area (Å²) < 4.78 is 10.4. The highest BCUT2D eigenvalue weighted by Gasteiger charge is 2.05. The maximum absolute atomic E-state index is 11.5. The zero-order valence-corrected chi connectivity index (χ0v) is 12.3. The number of aryl methyl sites for hydroxylation is 2. The highest BCUT2D eigenvalue weighted by Crippen LogP contribution is 2.22. The number of carboxylic acid groups (broad SMARTS) is 1. The summed E-state index contributed by atoms with van der Waals surface area (Å²) >= 11 is 0. The molecule has 6 nitrogen and oxygen atoms in total. The van der Waals surface area contributed by atoms with Crippen molar-refractivity contribution in [3.63, 3.8) is 0 Å². The third-order valence-corrected chi connectivity index (χ3v) is 2.78. The molecule has 0 spiro atoms. The normalized spacial score (nSPS) is 10.2. The van der Waals surface area contributed by atoms with Gasteiger partial charge in [-0.25, -0.2) is 4.79 Å². The average molecular weight is 295 g/mol. The Morgan fingerprint density at radius 1 is 1.19 bits per heavy atom. The number of carbonyl (C=O) groups excluding carboxylic acids is 1. The standard InChI is InChI=1S/C15H21NO5/c1-11-4-3-5-12(2)15(11)21-8-6-13(17)16-7-9-20-10-14(18)19/h3-5H,6-10H2,1-2H3,(H,16,17)(H,18,19). The highest BCUT2D eigenvalue weighted by atomic mass is 16.5. The van der Waals surface area contributed by atoms with Crippen LogP contribution < -0.4 is 10.1 Å². The molecule has 1 rings (SSSR count). The van der Waals surface area contributed by atoms with E-state index in [1.165, 1.54) is 0 Å². The summed E-state index contributed by atoms with van der Waals surface area (Å²) in [5.74, 6) is -0.362. The molecule has 0 saturated carbocycles. The molecule has 1 aromatic rings. The first-order valence-electron chi connectivity index (χ1n) is 6.76. The number of amides is 1. The molecular weight excluding hydrogens is 274 g/mol. The maximum Gasteiger partial charge on any atom is 0.329 e. The van der Waals surface area contributed by atoms with Crippen LogP contribution >= 0.6 is 0 Å². The van der Waals surface area contributed by atoms with Crippen molar-refractivity contribution in [2.75, 3.05) is 26.4 Å². The molecule has 6 heteroatoms. The van der Waals surface area contributed by atoms with Gasteiger partial charge in [0.2, 0.25) is 5.91 Å². The lowest BCUT2D eigenvalue weighted by molar-refractivity contribution is -0.142. The number of rotatable bonds is 9. The van der Waals surface area contributed by atoms with E-state index in [4.69, 9.17) is 14.6 Å². The lowest BCUT2D eigenvalue weighted by Crippen LogP contribution is -2.29. The van der Waals surface area contributed by atoms with Gasteiger partial charge in [0.1, 0.15) is 12.4 Å². The quantitative estimate of drug-likeness (QED) is 0.671. The van der Waals surface area contributed by atoms with Crippen LogP contribution in [0.5, 0.6) is 5.75 Å². The van der Waals surface area contributed by atoms with E-state index in [0.29, 0.717) is 6.61 Å². The number of benzene rings is 1.